The molecule has 4 rings (SSSR count). The number of rotatable bonds is 5. The van der Waals surface area contributed by atoms with Crippen LogP contribution in [0.3, 0.4) is 0 Å². The number of carbonyl (C=O) groups excluding carboxylic acids is 2. The molecule has 0 saturated carbocycles. The monoisotopic (exact) mass is 422 g/mol. The van der Waals surface area contributed by atoms with Crippen LogP contribution in [-0.4, -0.2) is 17.6 Å². The third kappa shape index (κ3) is 4.09. The molecular formula is C23H22N2O2S2. The van der Waals surface area contributed by atoms with Crippen molar-refractivity contribution in [3.8, 4) is 0 Å². The first-order valence-corrected chi connectivity index (χ1v) is 11.4. The Hall–Kier alpha value is -2.57. The summed E-state index contributed by atoms with van der Waals surface area (Å²) in [7, 11) is 0. The molecule has 1 aliphatic heterocycles. The zero-order chi connectivity index (χ0) is 20.4. The number of nitrogens with one attached hydrogen (secondary N) is 1. The fourth-order valence-electron chi connectivity index (χ4n) is 3.50. The van der Waals surface area contributed by atoms with E-state index in [1.807, 2.05) is 58.8 Å². The second-order valence-electron chi connectivity index (χ2n) is 7.20. The maximum Gasteiger partial charge on any atom is 0.265 e. The Bertz CT molecular complexity index is 1030. The van der Waals surface area contributed by atoms with Crippen LogP contribution in [0.4, 0.5) is 11.4 Å². The van der Waals surface area contributed by atoms with E-state index in [-0.39, 0.29) is 17.2 Å². The zero-order valence-electron chi connectivity index (χ0n) is 16.3. The number of amides is 2. The van der Waals surface area contributed by atoms with Gasteiger partial charge in [0.1, 0.15) is 5.37 Å². The summed E-state index contributed by atoms with van der Waals surface area (Å²) in [5, 5.41) is 4.74. The van der Waals surface area contributed by atoms with E-state index in [2.05, 4.69) is 25.2 Å². The maximum absolute atomic E-state index is 12.8. The van der Waals surface area contributed by atoms with E-state index < -0.39 is 0 Å². The minimum atomic E-state index is -0.116. The summed E-state index contributed by atoms with van der Waals surface area (Å²) in [6.07, 6.45) is 0. The molecule has 29 heavy (non-hydrogen) atoms. The second kappa shape index (κ2) is 8.43. The number of thioether (sulfide) groups is 1. The Kier molecular flexibility index (Phi) is 5.74. The molecule has 1 fully saturated rings. The van der Waals surface area contributed by atoms with Crippen molar-refractivity contribution in [3.63, 3.8) is 0 Å². The molecule has 2 amide bonds. The Labute approximate surface area is 178 Å². The van der Waals surface area contributed by atoms with E-state index in [0.29, 0.717) is 16.5 Å². The minimum absolute atomic E-state index is 0.110. The summed E-state index contributed by atoms with van der Waals surface area (Å²) in [6, 6.07) is 19.6. The standard InChI is InChI=1S/C23H22N2O2S2/c1-15(2)18-9-3-4-10-19(18)25-21(26)14-29-23(25)16-7-5-8-17(13-16)24-22(27)20-11-6-12-28-20/h3-13,15,23H,14H2,1-2H3,(H,24,27)/t23-/m0/s1. The van der Waals surface area contributed by atoms with Crippen molar-refractivity contribution < 1.29 is 9.59 Å². The lowest BCUT2D eigenvalue weighted by Gasteiger charge is -2.28. The van der Waals surface area contributed by atoms with Gasteiger partial charge in [0.05, 0.1) is 10.6 Å². The molecule has 3 aromatic rings. The molecule has 1 aliphatic rings. The van der Waals surface area contributed by atoms with Gasteiger partial charge >= 0.3 is 0 Å². The molecule has 1 saturated heterocycles. The van der Waals surface area contributed by atoms with Gasteiger partial charge in [-0.1, -0.05) is 50.2 Å². The summed E-state index contributed by atoms with van der Waals surface area (Å²) in [5.74, 6) is 0.764. The van der Waals surface area contributed by atoms with Crippen LogP contribution in [0.5, 0.6) is 0 Å². The van der Waals surface area contributed by atoms with Gasteiger partial charge in [-0.05, 0) is 46.7 Å². The highest BCUT2D eigenvalue weighted by Gasteiger charge is 2.35. The Morgan fingerprint density at radius 3 is 2.69 bits per heavy atom. The quantitative estimate of drug-likeness (QED) is 0.557. The normalized spacial score (nSPS) is 16.4. The summed E-state index contributed by atoms with van der Waals surface area (Å²) >= 11 is 3.03. The number of thiophene rings is 1. The van der Waals surface area contributed by atoms with Crippen LogP contribution in [-0.2, 0) is 4.79 Å². The van der Waals surface area contributed by atoms with Crippen molar-refractivity contribution in [1.82, 2.24) is 0 Å². The minimum Gasteiger partial charge on any atom is -0.321 e. The molecule has 0 bridgehead atoms. The molecule has 1 N–H and O–H groups in total. The lowest BCUT2D eigenvalue weighted by molar-refractivity contribution is -0.115. The summed E-state index contributed by atoms with van der Waals surface area (Å²) in [4.78, 5) is 27.8. The highest BCUT2D eigenvalue weighted by Crippen LogP contribution is 2.44. The Morgan fingerprint density at radius 1 is 1.10 bits per heavy atom. The lowest BCUT2D eigenvalue weighted by atomic mass is 10.00. The Morgan fingerprint density at radius 2 is 1.93 bits per heavy atom. The first kappa shape index (κ1) is 19.7. The molecule has 2 aromatic carbocycles. The second-order valence-corrected chi connectivity index (χ2v) is 9.21. The van der Waals surface area contributed by atoms with Gasteiger partial charge in [-0.15, -0.1) is 23.1 Å². The molecule has 0 aliphatic carbocycles. The molecule has 148 valence electrons. The van der Waals surface area contributed by atoms with E-state index in [1.165, 1.54) is 11.3 Å². The average molecular weight is 423 g/mol. The van der Waals surface area contributed by atoms with Crippen molar-refractivity contribution in [2.75, 3.05) is 16.0 Å². The van der Waals surface area contributed by atoms with Crippen molar-refractivity contribution >= 4 is 46.3 Å². The van der Waals surface area contributed by atoms with Crippen molar-refractivity contribution in [2.45, 2.75) is 25.1 Å². The van der Waals surface area contributed by atoms with Crippen LogP contribution < -0.4 is 10.2 Å². The first-order valence-electron chi connectivity index (χ1n) is 9.52. The summed E-state index contributed by atoms with van der Waals surface area (Å²) in [5.41, 5.74) is 3.87. The van der Waals surface area contributed by atoms with Crippen molar-refractivity contribution in [2.24, 2.45) is 0 Å². The molecule has 0 unspecified atom stereocenters. The lowest BCUT2D eigenvalue weighted by Crippen LogP contribution is -2.29. The van der Waals surface area contributed by atoms with Crippen molar-refractivity contribution in [1.29, 1.82) is 0 Å². The smallest absolute Gasteiger partial charge is 0.265 e. The number of carbonyl (C=O) groups is 2. The summed E-state index contributed by atoms with van der Waals surface area (Å²) < 4.78 is 0. The van der Waals surface area contributed by atoms with Gasteiger partial charge < -0.3 is 5.32 Å². The van der Waals surface area contributed by atoms with E-state index in [0.717, 1.165) is 22.5 Å². The molecule has 6 heteroatoms. The third-order valence-corrected chi connectivity index (χ3v) is 6.94. The third-order valence-electron chi connectivity index (χ3n) is 4.86. The van der Waals surface area contributed by atoms with Crippen LogP contribution in [0.2, 0.25) is 0 Å². The highest BCUT2D eigenvalue weighted by atomic mass is 32.2. The number of hydrogen-bond acceptors (Lipinski definition) is 4. The molecular weight excluding hydrogens is 400 g/mol. The average Bonchev–Trinajstić information content (AvgIpc) is 3.38. The van der Waals surface area contributed by atoms with Crippen LogP contribution in [0.1, 0.15) is 45.9 Å². The van der Waals surface area contributed by atoms with Gasteiger partial charge in [-0.2, -0.15) is 0 Å². The predicted octanol–water partition coefficient (Wildman–Crippen LogP) is 5.90. The van der Waals surface area contributed by atoms with Crippen LogP contribution in [0.15, 0.2) is 66.0 Å². The molecule has 0 radical (unpaired) electrons. The fraction of sp³-hybridized carbons (Fsp3) is 0.217. The number of nitrogens with zero attached hydrogens (tertiary/aromatic N) is 1. The predicted molar refractivity (Wildman–Crippen MR) is 122 cm³/mol. The van der Waals surface area contributed by atoms with E-state index in [4.69, 9.17) is 0 Å². The van der Waals surface area contributed by atoms with E-state index >= 15 is 0 Å². The fourth-order valence-corrected chi connectivity index (χ4v) is 5.27. The van der Waals surface area contributed by atoms with Gasteiger partial charge in [-0.3, -0.25) is 14.5 Å². The van der Waals surface area contributed by atoms with E-state index in [1.54, 1.807) is 17.8 Å². The molecule has 2 heterocycles. The van der Waals surface area contributed by atoms with Gasteiger partial charge in [0.2, 0.25) is 5.91 Å². The SMILES string of the molecule is CC(C)c1ccccc1N1C(=O)CS[C@H]1c1cccc(NC(=O)c2cccs2)c1. The molecule has 4 nitrogen and oxygen atoms in total. The topological polar surface area (TPSA) is 49.4 Å². The largest absolute Gasteiger partial charge is 0.321 e. The van der Waals surface area contributed by atoms with Gasteiger partial charge in [0, 0.05) is 11.4 Å². The number of anilines is 2. The number of hydrogen-bond donors (Lipinski definition) is 1. The first-order chi connectivity index (χ1) is 14.0. The van der Waals surface area contributed by atoms with Crippen molar-refractivity contribution in [3.05, 3.63) is 82.0 Å². The molecule has 0 spiro atoms. The number of para-hydroxylation sites is 1. The van der Waals surface area contributed by atoms with Gasteiger partial charge in [-0.25, -0.2) is 0 Å². The van der Waals surface area contributed by atoms with Crippen LogP contribution in [0.25, 0.3) is 0 Å². The molecule has 1 aromatic heterocycles. The van der Waals surface area contributed by atoms with Crippen LogP contribution in [0, 0.1) is 0 Å². The Balaban J connectivity index is 1.64. The maximum atomic E-state index is 12.8. The highest BCUT2D eigenvalue weighted by molar-refractivity contribution is 8.00. The van der Waals surface area contributed by atoms with Gasteiger partial charge in [0.25, 0.3) is 5.91 Å². The van der Waals surface area contributed by atoms with Crippen LogP contribution >= 0.6 is 23.1 Å². The van der Waals surface area contributed by atoms with Gasteiger partial charge in [0.15, 0.2) is 0 Å². The number of benzene rings is 2. The molecule has 1 atom stereocenters. The van der Waals surface area contributed by atoms with E-state index in [9.17, 15) is 9.59 Å². The zero-order valence-corrected chi connectivity index (χ0v) is 17.9. The summed E-state index contributed by atoms with van der Waals surface area (Å²) in [6.45, 7) is 4.28.